The summed E-state index contributed by atoms with van der Waals surface area (Å²) in [6.45, 7) is 4.59. The molecular formula is C31H36. The minimum Gasteiger partial charge on any atom is -0.0651 e. The van der Waals surface area contributed by atoms with Gasteiger partial charge in [0, 0.05) is 0 Å². The average molecular weight is 409 g/mol. The molecule has 0 heteroatoms. The van der Waals surface area contributed by atoms with Crippen molar-refractivity contribution in [1.82, 2.24) is 0 Å². The van der Waals surface area contributed by atoms with E-state index in [0.29, 0.717) is 0 Å². The first-order valence-corrected chi connectivity index (χ1v) is 12.5. The summed E-state index contributed by atoms with van der Waals surface area (Å²) in [5.41, 5.74) is 11.7. The molecule has 0 unspecified atom stereocenters. The minimum atomic E-state index is 0.903. The second-order valence-corrected chi connectivity index (χ2v) is 10.0. The Balaban J connectivity index is 1.23. The fraction of sp³-hybridized carbons (Fsp3) is 0.419. The van der Waals surface area contributed by atoms with Crippen molar-refractivity contribution in [3.05, 3.63) is 94.0 Å². The van der Waals surface area contributed by atoms with Crippen LogP contribution in [0, 0.1) is 11.8 Å². The molecule has 31 heavy (non-hydrogen) atoms. The molecule has 160 valence electrons. The van der Waals surface area contributed by atoms with E-state index < -0.39 is 0 Å². The molecule has 0 bridgehead atoms. The molecule has 0 heterocycles. The first-order chi connectivity index (χ1) is 15.2. The Morgan fingerprint density at radius 1 is 0.613 bits per heavy atom. The average Bonchev–Trinajstić information content (AvgIpc) is 3.17. The predicted molar refractivity (Wildman–Crippen MR) is 133 cm³/mol. The van der Waals surface area contributed by atoms with E-state index >= 15 is 0 Å². The van der Waals surface area contributed by atoms with Gasteiger partial charge in [-0.3, -0.25) is 0 Å². The number of rotatable bonds is 6. The summed E-state index contributed by atoms with van der Waals surface area (Å²) in [5.74, 6) is 1.90. The lowest BCUT2D eigenvalue weighted by Crippen LogP contribution is -2.15. The second kappa shape index (κ2) is 9.03. The fourth-order valence-electron chi connectivity index (χ4n) is 5.85. The first-order valence-electron chi connectivity index (χ1n) is 12.5. The molecule has 2 aliphatic carbocycles. The molecule has 0 nitrogen and oxygen atoms in total. The molecule has 0 radical (unpaired) electrons. The lowest BCUT2D eigenvalue weighted by atomic mass is 9.78. The summed E-state index contributed by atoms with van der Waals surface area (Å²) in [5, 5.41) is 0. The van der Waals surface area contributed by atoms with E-state index in [0.717, 1.165) is 31.1 Å². The maximum atomic E-state index is 2.45. The summed E-state index contributed by atoms with van der Waals surface area (Å²) < 4.78 is 0. The van der Waals surface area contributed by atoms with Crippen LogP contribution in [0.2, 0.25) is 0 Å². The third-order valence-corrected chi connectivity index (χ3v) is 7.92. The van der Waals surface area contributed by atoms with E-state index in [9.17, 15) is 0 Å². The SMILES string of the molecule is CCc1ccc2c(c1)Cc1cc(Cc3ccc(CC4CCC(CC)CC4)cc3)ccc1-2. The summed E-state index contributed by atoms with van der Waals surface area (Å²) in [7, 11) is 0. The zero-order chi connectivity index (χ0) is 21.2. The topological polar surface area (TPSA) is 0 Å². The van der Waals surface area contributed by atoms with Crippen LogP contribution in [0.5, 0.6) is 0 Å². The molecule has 1 fully saturated rings. The molecule has 0 aromatic heterocycles. The Bertz CT molecular complexity index is 1030. The van der Waals surface area contributed by atoms with Crippen LogP contribution in [0.25, 0.3) is 11.1 Å². The van der Waals surface area contributed by atoms with Gasteiger partial charge in [-0.1, -0.05) is 93.8 Å². The zero-order valence-corrected chi connectivity index (χ0v) is 19.3. The van der Waals surface area contributed by atoms with Crippen LogP contribution >= 0.6 is 0 Å². The van der Waals surface area contributed by atoms with Gasteiger partial charge in [0.15, 0.2) is 0 Å². The molecule has 1 saturated carbocycles. The Hall–Kier alpha value is -2.34. The van der Waals surface area contributed by atoms with Crippen molar-refractivity contribution in [2.45, 2.75) is 71.6 Å². The molecule has 0 amide bonds. The number of aryl methyl sites for hydroxylation is 1. The lowest BCUT2D eigenvalue weighted by Gasteiger charge is -2.27. The number of hydrogen-bond donors (Lipinski definition) is 0. The van der Waals surface area contributed by atoms with Gasteiger partial charge in [0.05, 0.1) is 0 Å². The highest BCUT2D eigenvalue weighted by Gasteiger charge is 2.20. The van der Waals surface area contributed by atoms with Gasteiger partial charge >= 0.3 is 0 Å². The maximum Gasteiger partial charge on any atom is -0.00133 e. The highest BCUT2D eigenvalue weighted by molar-refractivity contribution is 5.77. The zero-order valence-electron chi connectivity index (χ0n) is 19.3. The van der Waals surface area contributed by atoms with Crippen molar-refractivity contribution in [2.24, 2.45) is 11.8 Å². The second-order valence-electron chi connectivity index (χ2n) is 10.0. The highest BCUT2D eigenvalue weighted by atomic mass is 14.3. The standard InChI is InChI=1S/C31H36/c1-3-22-5-7-24(8-6-22)17-25-9-11-26(12-10-25)18-27-14-16-31-29(20-27)21-28-19-23(4-2)13-15-30(28)31/h9-16,19-20,22,24H,3-8,17-18,21H2,1-2H3. The Kier molecular flexibility index (Phi) is 5.99. The minimum absolute atomic E-state index is 0.903. The quantitative estimate of drug-likeness (QED) is 0.302. The van der Waals surface area contributed by atoms with E-state index in [1.165, 1.54) is 83.0 Å². The third-order valence-electron chi connectivity index (χ3n) is 7.92. The van der Waals surface area contributed by atoms with E-state index in [4.69, 9.17) is 0 Å². The molecule has 0 aliphatic heterocycles. The van der Waals surface area contributed by atoms with Gasteiger partial charge in [0.1, 0.15) is 0 Å². The van der Waals surface area contributed by atoms with E-state index in [1.807, 2.05) is 0 Å². The van der Waals surface area contributed by atoms with Crippen molar-refractivity contribution in [1.29, 1.82) is 0 Å². The molecule has 2 aliphatic rings. The first kappa shape index (κ1) is 20.6. The Labute approximate surface area is 188 Å². The summed E-state index contributed by atoms with van der Waals surface area (Å²) in [4.78, 5) is 0. The lowest BCUT2D eigenvalue weighted by molar-refractivity contribution is 0.268. The van der Waals surface area contributed by atoms with E-state index in [2.05, 4.69) is 74.5 Å². The Morgan fingerprint density at radius 2 is 1.16 bits per heavy atom. The van der Waals surface area contributed by atoms with Gasteiger partial charge in [0.25, 0.3) is 0 Å². The van der Waals surface area contributed by atoms with Gasteiger partial charge in [-0.25, -0.2) is 0 Å². The number of benzene rings is 3. The molecule has 0 N–H and O–H groups in total. The monoisotopic (exact) mass is 408 g/mol. The molecule has 5 rings (SSSR count). The fourth-order valence-corrected chi connectivity index (χ4v) is 5.85. The summed E-state index contributed by atoms with van der Waals surface area (Å²) in [6, 6.07) is 23.7. The molecule has 0 saturated heterocycles. The summed E-state index contributed by atoms with van der Waals surface area (Å²) >= 11 is 0. The number of fused-ring (bicyclic) bond motifs is 3. The van der Waals surface area contributed by atoms with E-state index in [1.54, 1.807) is 0 Å². The van der Waals surface area contributed by atoms with Crippen molar-refractivity contribution < 1.29 is 0 Å². The van der Waals surface area contributed by atoms with Crippen LogP contribution in [-0.4, -0.2) is 0 Å². The number of hydrogen-bond acceptors (Lipinski definition) is 0. The van der Waals surface area contributed by atoms with Gasteiger partial charge in [-0.05, 0) is 94.9 Å². The molecule has 3 aromatic rings. The Morgan fingerprint density at radius 3 is 1.81 bits per heavy atom. The van der Waals surface area contributed by atoms with Gasteiger partial charge < -0.3 is 0 Å². The molecule has 0 atom stereocenters. The van der Waals surface area contributed by atoms with Crippen LogP contribution in [0.15, 0.2) is 60.7 Å². The third kappa shape index (κ3) is 4.49. The van der Waals surface area contributed by atoms with E-state index in [-0.39, 0.29) is 0 Å². The smallest absolute Gasteiger partial charge is 0.00133 e. The largest absolute Gasteiger partial charge is 0.0651 e. The maximum absolute atomic E-state index is 2.45. The van der Waals surface area contributed by atoms with Crippen LogP contribution in [0.1, 0.15) is 79.3 Å². The predicted octanol–water partition coefficient (Wildman–Crippen LogP) is 8.17. The van der Waals surface area contributed by atoms with Crippen LogP contribution in [0.4, 0.5) is 0 Å². The van der Waals surface area contributed by atoms with Crippen LogP contribution < -0.4 is 0 Å². The van der Waals surface area contributed by atoms with Crippen LogP contribution in [0.3, 0.4) is 0 Å². The van der Waals surface area contributed by atoms with Crippen molar-refractivity contribution in [3.63, 3.8) is 0 Å². The van der Waals surface area contributed by atoms with Crippen molar-refractivity contribution in [2.75, 3.05) is 0 Å². The molecular weight excluding hydrogens is 372 g/mol. The van der Waals surface area contributed by atoms with Crippen molar-refractivity contribution in [3.8, 4) is 11.1 Å². The molecule has 0 spiro atoms. The normalized spacial score (nSPS) is 19.8. The van der Waals surface area contributed by atoms with Gasteiger partial charge in [-0.15, -0.1) is 0 Å². The van der Waals surface area contributed by atoms with Gasteiger partial charge in [-0.2, -0.15) is 0 Å². The van der Waals surface area contributed by atoms with Crippen molar-refractivity contribution >= 4 is 0 Å². The molecule has 3 aromatic carbocycles. The van der Waals surface area contributed by atoms with Gasteiger partial charge in [0.2, 0.25) is 0 Å². The van der Waals surface area contributed by atoms with Crippen LogP contribution in [-0.2, 0) is 25.7 Å². The highest BCUT2D eigenvalue weighted by Crippen LogP contribution is 2.38. The summed E-state index contributed by atoms with van der Waals surface area (Å²) in [6.07, 6.45) is 11.6.